The molecule has 2 heteroatoms. The van der Waals surface area contributed by atoms with Gasteiger partial charge in [0, 0.05) is 14.6 Å². The van der Waals surface area contributed by atoms with Crippen LogP contribution in [0.25, 0.3) is 20.9 Å². The monoisotopic (exact) mass is 284 g/mol. The molecule has 0 N–H and O–H groups in total. The Labute approximate surface area is 122 Å². The van der Waals surface area contributed by atoms with Gasteiger partial charge in [-0.05, 0) is 41.1 Å². The first-order chi connectivity index (χ1) is 9.36. The molecule has 1 aromatic carbocycles. The molecule has 0 spiro atoms. The van der Waals surface area contributed by atoms with Crippen LogP contribution < -0.4 is 0 Å². The van der Waals surface area contributed by atoms with Crippen molar-refractivity contribution in [1.82, 2.24) is 0 Å². The molecule has 3 rings (SSSR count). The molecule has 3 aromatic rings. The maximum absolute atomic E-state index is 2.26. The molecular weight excluding hydrogens is 268 g/mol. The summed E-state index contributed by atoms with van der Waals surface area (Å²) in [5, 5.41) is 2.12. The number of benzene rings is 1. The molecule has 0 nitrogen and oxygen atoms in total. The fourth-order valence-corrected chi connectivity index (χ4v) is 4.00. The normalized spacial score (nSPS) is 10.8. The Morgan fingerprint density at radius 2 is 1.58 bits per heavy atom. The second-order valence-electron chi connectivity index (χ2n) is 4.57. The first-order valence-corrected chi connectivity index (χ1v) is 8.29. The number of aryl methyl sites for hydroxylation is 1. The highest BCUT2D eigenvalue weighted by atomic mass is 32.1. The van der Waals surface area contributed by atoms with Crippen LogP contribution in [0, 0.1) is 0 Å². The van der Waals surface area contributed by atoms with Crippen molar-refractivity contribution in [2.75, 3.05) is 0 Å². The van der Waals surface area contributed by atoms with Crippen LogP contribution in [0.1, 0.15) is 18.2 Å². The van der Waals surface area contributed by atoms with E-state index in [1.54, 1.807) is 11.3 Å². The predicted octanol–water partition coefficient (Wildman–Crippen LogP) is 6.10. The van der Waals surface area contributed by atoms with Gasteiger partial charge >= 0.3 is 0 Å². The third-order valence-electron chi connectivity index (χ3n) is 3.13. The summed E-state index contributed by atoms with van der Waals surface area (Å²) in [7, 11) is 0. The van der Waals surface area contributed by atoms with Gasteiger partial charge in [-0.15, -0.1) is 22.7 Å². The van der Waals surface area contributed by atoms with Gasteiger partial charge < -0.3 is 0 Å². The molecule has 0 aliphatic heterocycles. The van der Waals surface area contributed by atoms with Gasteiger partial charge in [0.15, 0.2) is 0 Å². The molecule has 0 amide bonds. The lowest BCUT2D eigenvalue weighted by atomic mass is 10.1. The van der Waals surface area contributed by atoms with E-state index in [4.69, 9.17) is 0 Å². The van der Waals surface area contributed by atoms with Crippen molar-refractivity contribution in [2.45, 2.75) is 19.8 Å². The molecule has 0 aliphatic carbocycles. The number of hydrogen-bond acceptors (Lipinski definition) is 2. The Balaban J connectivity index is 1.85. The van der Waals surface area contributed by atoms with Crippen LogP contribution >= 0.6 is 22.7 Å². The van der Waals surface area contributed by atoms with Crippen molar-refractivity contribution < 1.29 is 0 Å². The first kappa shape index (κ1) is 12.6. The maximum Gasteiger partial charge on any atom is 0.0345 e. The molecular formula is C17H16S2. The summed E-state index contributed by atoms with van der Waals surface area (Å²) in [4.78, 5) is 4.20. The van der Waals surface area contributed by atoms with E-state index in [-0.39, 0.29) is 0 Å². The number of rotatable bonds is 4. The summed E-state index contributed by atoms with van der Waals surface area (Å²) in [5.41, 5.74) is 2.64. The minimum absolute atomic E-state index is 1.19. The van der Waals surface area contributed by atoms with Crippen molar-refractivity contribution in [3.05, 3.63) is 58.8 Å². The number of thiophene rings is 2. The van der Waals surface area contributed by atoms with E-state index in [2.05, 4.69) is 60.8 Å². The smallest absolute Gasteiger partial charge is 0.0345 e. The maximum atomic E-state index is 2.26. The average molecular weight is 284 g/mol. The Hall–Kier alpha value is -1.38. The van der Waals surface area contributed by atoms with Crippen molar-refractivity contribution in [2.24, 2.45) is 0 Å². The second kappa shape index (κ2) is 5.72. The minimum Gasteiger partial charge on any atom is -0.144 e. The highest BCUT2D eigenvalue weighted by Gasteiger charge is 2.04. The molecule has 0 aliphatic rings. The third-order valence-corrected chi connectivity index (χ3v) is 5.25. The lowest BCUT2D eigenvalue weighted by Crippen LogP contribution is -1.74. The third kappa shape index (κ3) is 2.80. The van der Waals surface area contributed by atoms with Crippen LogP contribution in [0.2, 0.25) is 0 Å². The Morgan fingerprint density at radius 3 is 2.21 bits per heavy atom. The van der Waals surface area contributed by atoms with Crippen LogP contribution in [0.3, 0.4) is 0 Å². The molecule has 0 bridgehead atoms. The van der Waals surface area contributed by atoms with Crippen molar-refractivity contribution in [3.8, 4) is 20.9 Å². The fraction of sp³-hybridized carbons (Fsp3) is 0.176. The lowest BCUT2D eigenvalue weighted by molar-refractivity contribution is 0.940. The van der Waals surface area contributed by atoms with Crippen LogP contribution in [0.4, 0.5) is 0 Å². The molecule has 0 saturated heterocycles. The summed E-state index contributed by atoms with van der Waals surface area (Å²) in [5.74, 6) is 0. The van der Waals surface area contributed by atoms with Gasteiger partial charge in [-0.1, -0.05) is 43.7 Å². The zero-order valence-corrected chi connectivity index (χ0v) is 12.6. The van der Waals surface area contributed by atoms with E-state index in [1.807, 2.05) is 11.3 Å². The molecule has 19 heavy (non-hydrogen) atoms. The van der Waals surface area contributed by atoms with E-state index in [0.717, 1.165) is 0 Å². The standard InChI is InChI=1S/C17H16S2/c1-2-4-15-10-11-17(19-15)14-8-6-13(7-9-14)16-5-3-12-18-16/h3,5-12H,2,4H2,1H3. The van der Waals surface area contributed by atoms with E-state index in [9.17, 15) is 0 Å². The van der Waals surface area contributed by atoms with Crippen molar-refractivity contribution in [3.63, 3.8) is 0 Å². The molecule has 0 fully saturated rings. The molecule has 96 valence electrons. The SMILES string of the molecule is CCCc1ccc(-c2ccc(-c3cccs3)cc2)s1. The first-order valence-electron chi connectivity index (χ1n) is 6.60. The average Bonchev–Trinajstić information content (AvgIpc) is 3.10. The highest BCUT2D eigenvalue weighted by Crippen LogP contribution is 2.31. The summed E-state index contributed by atoms with van der Waals surface area (Å²) in [6.07, 6.45) is 2.41. The zero-order chi connectivity index (χ0) is 13.1. The molecule has 0 atom stereocenters. The van der Waals surface area contributed by atoms with Gasteiger partial charge in [0.05, 0.1) is 0 Å². The highest BCUT2D eigenvalue weighted by molar-refractivity contribution is 7.15. The summed E-state index contributed by atoms with van der Waals surface area (Å²) >= 11 is 3.71. The van der Waals surface area contributed by atoms with Crippen molar-refractivity contribution >= 4 is 22.7 Å². The molecule has 0 saturated carbocycles. The van der Waals surface area contributed by atoms with Crippen molar-refractivity contribution in [1.29, 1.82) is 0 Å². The lowest BCUT2D eigenvalue weighted by Gasteiger charge is -2.00. The Bertz CT molecular complexity index is 630. The van der Waals surface area contributed by atoms with Crippen LogP contribution in [0.15, 0.2) is 53.9 Å². The Kier molecular flexibility index (Phi) is 3.81. The minimum atomic E-state index is 1.19. The topological polar surface area (TPSA) is 0 Å². The fourth-order valence-electron chi connectivity index (χ4n) is 2.16. The van der Waals surface area contributed by atoms with Gasteiger partial charge in [-0.2, -0.15) is 0 Å². The molecule has 0 unspecified atom stereocenters. The van der Waals surface area contributed by atoms with Crippen LogP contribution in [0.5, 0.6) is 0 Å². The predicted molar refractivity (Wildman–Crippen MR) is 87.1 cm³/mol. The summed E-state index contributed by atoms with van der Waals surface area (Å²) in [6.45, 7) is 2.23. The van der Waals surface area contributed by atoms with Gasteiger partial charge in [0.25, 0.3) is 0 Å². The van der Waals surface area contributed by atoms with Gasteiger partial charge in [0.1, 0.15) is 0 Å². The van der Waals surface area contributed by atoms with Gasteiger partial charge in [-0.3, -0.25) is 0 Å². The molecule has 0 radical (unpaired) electrons. The summed E-state index contributed by atoms with van der Waals surface area (Å²) in [6, 6.07) is 17.7. The molecule has 2 heterocycles. The number of hydrogen-bond donors (Lipinski definition) is 0. The quantitative estimate of drug-likeness (QED) is 0.543. The van der Waals surface area contributed by atoms with E-state index in [0.29, 0.717) is 0 Å². The summed E-state index contributed by atoms with van der Waals surface area (Å²) < 4.78 is 0. The van der Waals surface area contributed by atoms with Gasteiger partial charge in [0.2, 0.25) is 0 Å². The van der Waals surface area contributed by atoms with Gasteiger partial charge in [-0.25, -0.2) is 0 Å². The van der Waals surface area contributed by atoms with E-state index < -0.39 is 0 Å². The molecule has 2 aromatic heterocycles. The van der Waals surface area contributed by atoms with E-state index in [1.165, 1.54) is 38.6 Å². The van der Waals surface area contributed by atoms with Crippen LogP contribution in [-0.2, 0) is 6.42 Å². The zero-order valence-electron chi connectivity index (χ0n) is 10.9. The van der Waals surface area contributed by atoms with E-state index >= 15 is 0 Å². The largest absolute Gasteiger partial charge is 0.144 e. The van der Waals surface area contributed by atoms with Crippen LogP contribution in [-0.4, -0.2) is 0 Å². The Morgan fingerprint density at radius 1 is 0.842 bits per heavy atom. The second-order valence-corrected chi connectivity index (χ2v) is 6.69.